The number of rotatable bonds is 6. The van der Waals surface area contributed by atoms with Gasteiger partial charge in [0.05, 0.1) is 42.2 Å². The summed E-state index contributed by atoms with van der Waals surface area (Å²) in [6, 6.07) is 6.79. The molecule has 0 saturated heterocycles. The number of carbonyl (C=O) groups is 2. The lowest BCUT2D eigenvalue weighted by molar-refractivity contribution is -0.143. The second-order valence-corrected chi connectivity index (χ2v) is 5.47. The molecule has 1 atom stereocenters. The average molecular weight is 344 g/mol. The second kappa shape index (κ2) is 8.02. The molecule has 0 fully saturated rings. The molecule has 0 saturated carbocycles. The van der Waals surface area contributed by atoms with Crippen LogP contribution in [0.2, 0.25) is 10.0 Å². The summed E-state index contributed by atoms with van der Waals surface area (Å²) in [4.78, 5) is 23.1. The zero-order valence-electron chi connectivity index (χ0n) is 12.2. The average Bonchev–Trinajstić information content (AvgIpc) is 2.53. The lowest BCUT2D eigenvalue weighted by Crippen LogP contribution is -2.29. The second-order valence-electron chi connectivity index (χ2n) is 4.65. The molecule has 22 heavy (non-hydrogen) atoms. The van der Waals surface area contributed by atoms with Crippen LogP contribution in [0.5, 0.6) is 0 Å². The maximum Gasteiger partial charge on any atom is 0.307 e. The predicted octanol–water partition coefficient (Wildman–Crippen LogP) is 3.27. The van der Waals surface area contributed by atoms with Crippen molar-refractivity contribution >= 4 is 35.1 Å². The van der Waals surface area contributed by atoms with E-state index in [2.05, 4.69) is 15.5 Å². The Morgan fingerprint density at radius 2 is 1.82 bits per heavy atom. The van der Waals surface area contributed by atoms with Crippen molar-refractivity contribution in [1.29, 1.82) is 5.26 Å². The molecule has 1 aromatic rings. The van der Waals surface area contributed by atoms with Crippen molar-refractivity contribution in [3.05, 3.63) is 33.8 Å². The molecule has 0 aliphatic heterocycles. The summed E-state index contributed by atoms with van der Waals surface area (Å²) >= 11 is 11.9. The van der Waals surface area contributed by atoms with Crippen molar-refractivity contribution in [3.63, 3.8) is 0 Å². The van der Waals surface area contributed by atoms with Crippen LogP contribution in [0.15, 0.2) is 18.2 Å². The highest BCUT2D eigenvalue weighted by Gasteiger charge is 2.36. The highest BCUT2D eigenvalue weighted by atomic mass is 35.5. The number of hydrogen-bond acceptors (Lipinski definition) is 5. The van der Waals surface area contributed by atoms with Gasteiger partial charge in [-0.15, -0.1) is 0 Å². The number of nitrogens with zero attached hydrogens (tertiary/aromatic N) is 1. The number of ether oxygens (including phenoxy) is 2. The molecular formula is C15H15Cl2NO4. The SMILES string of the molecule is COC(=O)CCC(C#N)(CC(=O)OC)c1ccc(Cl)c(Cl)c1. The van der Waals surface area contributed by atoms with E-state index in [0.29, 0.717) is 10.6 Å². The Hall–Kier alpha value is -1.77. The van der Waals surface area contributed by atoms with Crippen molar-refractivity contribution in [3.8, 4) is 6.07 Å². The number of hydrogen-bond donors (Lipinski definition) is 0. The summed E-state index contributed by atoms with van der Waals surface area (Å²) in [5.74, 6) is -1.03. The summed E-state index contributed by atoms with van der Waals surface area (Å²) in [7, 11) is 2.50. The molecule has 118 valence electrons. The fraction of sp³-hybridized carbons (Fsp3) is 0.400. The third kappa shape index (κ3) is 4.36. The Bertz CT molecular complexity index is 612. The van der Waals surface area contributed by atoms with Crippen LogP contribution in [0.1, 0.15) is 24.8 Å². The van der Waals surface area contributed by atoms with E-state index < -0.39 is 17.4 Å². The normalized spacial score (nSPS) is 12.9. The molecule has 0 aliphatic rings. The third-order valence-corrected chi connectivity index (χ3v) is 4.08. The molecule has 0 radical (unpaired) electrons. The van der Waals surface area contributed by atoms with Crippen LogP contribution in [0, 0.1) is 11.3 Å². The van der Waals surface area contributed by atoms with Gasteiger partial charge in [-0.2, -0.15) is 5.26 Å². The first kappa shape index (κ1) is 18.3. The Kier molecular flexibility index (Phi) is 6.66. The fourth-order valence-corrected chi connectivity index (χ4v) is 2.32. The topological polar surface area (TPSA) is 76.4 Å². The minimum atomic E-state index is -1.24. The van der Waals surface area contributed by atoms with E-state index in [1.54, 1.807) is 12.1 Å². The largest absolute Gasteiger partial charge is 0.469 e. The van der Waals surface area contributed by atoms with Crippen molar-refractivity contribution in [1.82, 2.24) is 0 Å². The van der Waals surface area contributed by atoms with Gasteiger partial charge in [-0.1, -0.05) is 29.3 Å². The van der Waals surface area contributed by atoms with Gasteiger partial charge in [0.25, 0.3) is 0 Å². The molecule has 7 heteroatoms. The molecule has 0 N–H and O–H groups in total. The number of esters is 2. The van der Waals surface area contributed by atoms with E-state index in [4.69, 9.17) is 23.2 Å². The number of carbonyl (C=O) groups excluding carboxylic acids is 2. The monoisotopic (exact) mass is 343 g/mol. The lowest BCUT2D eigenvalue weighted by atomic mass is 9.75. The van der Waals surface area contributed by atoms with Crippen LogP contribution in [0.25, 0.3) is 0 Å². The molecule has 0 bridgehead atoms. The van der Waals surface area contributed by atoms with Gasteiger partial charge < -0.3 is 9.47 Å². The van der Waals surface area contributed by atoms with Gasteiger partial charge in [-0.05, 0) is 24.1 Å². The van der Waals surface area contributed by atoms with E-state index >= 15 is 0 Å². The van der Waals surface area contributed by atoms with Crippen LogP contribution in [-0.2, 0) is 24.5 Å². The van der Waals surface area contributed by atoms with Crippen molar-refractivity contribution in [2.24, 2.45) is 0 Å². The Balaban J connectivity index is 3.23. The molecule has 0 amide bonds. The van der Waals surface area contributed by atoms with Crippen LogP contribution in [0.4, 0.5) is 0 Å². The van der Waals surface area contributed by atoms with E-state index in [1.165, 1.54) is 20.3 Å². The van der Waals surface area contributed by atoms with Gasteiger partial charge in [0.15, 0.2) is 0 Å². The van der Waals surface area contributed by atoms with Crippen LogP contribution in [0.3, 0.4) is 0 Å². The van der Waals surface area contributed by atoms with Gasteiger partial charge in [0.1, 0.15) is 0 Å². The van der Waals surface area contributed by atoms with Crippen molar-refractivity contribution in [2.75, 3.05) is 14.2 Å². The first-order chi connectivity index (χ1) is 10.4. The zero-order chi connectivity index (χ0) is 16.8. The smallest absolute Gasteiger partial charge is 0.307 e. The molecule has 1 aromatic carbocycles. The maximum atomic E-state index is 11.7. The van der Waals surface area contributed by atoms with Crippen LogP contribution >= 0.6 is 23.2 Å². The van der Waals surface area contributed by atoms with Gasteiger partial charge in [0.2, 0.25) is 0 Å². The summed E-state index contributed by atoms with van der Waals surface area (Å²) in [5, 5.41) is 10.2. The zero-order valence-corrected chi connectivity index (χ0v) is 13.7. The minimum Gasteiger partial charge on any atom is -0.469 e. The Morgan fingerprint density at radius 3 is 2.32 bits per heavy atom. The fourth-order valence-electron chi connectivity index (χ4n) is 2.02. The molecule has 0 heterocycles. The maximum absolute atomic E-state index is 11.7. The third-order valence-electron chi connectivity index (χ3n) is 3.34. The highest BCUT2D eigenvalue weighted by molar-refractivity contribution is 6.42. The summed E-state index contributed by atoms with van der Waals surface area (Å²) in [5.41, 5.74) is -0.742. The van der Waals surface area contributed by atoms with Gasteiger partial charge in [-0.3, -0.25) is 9.59 Å². The minimum absolute atomic E-state index is 0.0126. The Morgan fingerprint density at radius 1 is 1.18 bits per heavy atom. The van der Waals surface area contributed by atoms with Crippen molar-refractivity contribution < 1.29 is 19.1 Å². The molecule has 1 rings (SSSR count). The van der Waals surface area contributed by atoms with Gasteiger partial charge in [0, 0.05) is 6.42 Å². The van der Waals surface area contributed by atoms with Crippen molar-refractivity contribution in [2.45, 2.75) is 24.7 Å². The first-order valence-corrected chi connectivity index (χ1v) is 7.14. The van der Waals surface area contributed by atoms with Gasteiger partial charge in [-0.25, -0.2) is 0 Å². The quantitative estimate of drug-likeness (QED) is 0.740. The molecule has 0 aromatic heterocycles. The van der Waals surface area contributed by atoms with Crippen LogP contribution < -0.4 is 0 Å². The number of methoxy groups -OCH3 is 2. The molecule has 0 aliphatic carbocycles. The Labute approximate surface area is 138 Å². The highest BCUT2D eigenvalue weighted by Crippen LogP contribution is 2.36. The van der Waals surface area contributed by atoms with E-state index in [9.17, 15) is 14.9 Å². The van der Waals surface area contributed by atoms with Gasteiger partial charge >= 0.3 is 11.9 Å². The number of benzene rings is 1. The number of nitriles is 1. The van der Waals surface area contributed by atoms with E-state index in [1.807, 2.05) is 0 Å². The summed E-state index contributed by atoms with van der Waals surface area (Å²) < 4.78 is 9.24. The molecule has 5 nitrogen and oxygen atoms in total. The summed E-state index contributed by atoms with van der Waals surface area (Å²) in [6.07, 6.45) is -0.112. The standard InChI is InChI=1S/C15H15Cl2NO4/c1-21-13(19)5-6-15(9-18,8-14(20)22-2)10-3-4-11(16)12(17)7-10/h3-4,7H,5-6,8H2,1-2H3. The molecule has 0 spiro atoms. The number of halogens is 2. The molecule has 1 unspecified atom stereocenters. The molecular weight excluding hydrogens is 329 g/mol. The summed E-state index contributed by atoms with van der Waals surface area (Å²) in [6.45, 7) is 0. The first-order valence-electron chi connectivity index (χ1n) is 6.39. The predicted molar refractivity (Wildman–Crippen MR) is 81.6 cm³/mol. The van der Waals surface area contributed by atoms with Crippen LogP contribution in [-0.4, -0.2) is 26.2 Å². The van der Waals surface area contributed by atoms with E-state index in [-0.39, 0.29) is 24.3 Å². The van der Waals surface area contributed by atoms with E-state index in [0.717, 1.165) is 0 Å². The lowest BCUT2D eigenvalue weighted by Gasteiger charge is -2.26.